The number of aryl methyl sites for hydroxylation is 2. The summed E-state index contributed by atoms with van der Waals surface area (Å²) < 4.78 is 16.0. The Kier molecular flexibility index (Phi) is 8.55. The van der Waals surface area contributed by atoms with E-state index in [1.807, 2.05) is 30.0 Å². The van der Waals surface area contributed by atoms with Crippen LogP contribution in [0.1, 0.15) is 41.3 Å². The highest BCUT2D eigenvalue weighted by molar-refractivity contribution is 7.92. The van der Waals surface area contributed by atoms with Crippen LogP contribution in [0, 0.1) is 6.92 Å². The van der Waals surface area contributed by atoms with Crippen LogP contribution in [0.2, 0.25) is 5.02 Å². The zero-order chi connectivity index (χ0) is 24.8. The number of anilines is 2. The number of amides is 1. The zero-order valence-electron chi connectivity index (χ0n) is 20.2. The van der Waals surface area contributed by atoms with Gasteiger partial charge in [0, 0.05) is 44.0 Å². The Morgan fingerprint density at radius 2 is 1.86 bits per heavy atom. The van der Waals surface area contributed by atoms with Crippen molar-refractivity contribution in [3.63, 3.8) is 0 Å². The molecule has 0 bridgehead atoms. The van der Waals surface area contributed by atoms with Gasteiger partial charge in [0.2, 0.25) is 0 Å². The van der Waals surface area contributed by atoms with Crippen molar-refractivity contribution in [3.8, 4) is 0 Å². The lowest BCUT2D eigenvalue weighted by Crippen LogP contribution is -2.49. The second-order valence-corrected chi connectivity index (χ2v) is 10.4. The van der Waals surface area contributed by atoms with Gasteiger partial charge in [-0.15, -0.1) is 0 Å². The molecule has 3 aromatic rings. The van der Waals surface area contributed by atoms with E-state index in [4.69, 9.17) is 11.6 Å². The summed E-state index contributed by atoms with van der Waals surface area (Å²) in [6.45, 7) is 6.59. The average Bonchev–Trinajstić information content (AvgIpc) is 2.88. The van der Waals surface area contributed by atoms with E-state index >= 15 is 0 Å². The van der Waals surface area contributed by atoms with Crippen molar-refractivity contribution in [1.82, 2.24) is 9.88 Å². The summed E-state index contributed by atoms with van der Waals surface area (Å²) in [5.41, 5.74) is 3.62. The van der Waals surface area contributed by atoms with Crippen molar-refractivity contribution in [2.75, 3.05) is 35.8 Å². The van der Waals surface area contributed by atoms with E-state index in [0.29, 0.717) is 41.7 Å². The molecule has 1 unspecified atom stereocenters. The van der Waals surface area contributed by atoms with Crippen molar-refractivity contribution in [2.45, 2.75) is 38.0 Å². The van der Waals surface area contributed by atoms with E-state index in [1.54, 1.807) is 30.5 Å². The summed E-state index contributed by atoms with van der Waals surface area (Å²) >= 11 is 4.91. The Labute approximate surface area is 215 Å². The molecule has 0 saturated carbocycles. The predicted molar refractivity (Wildman–Crippen MR) is 144 cm³/mol. The van der Waals surface area contributed by atoms with Crippen LogP contribution in [0.15, 0.2) is 65.7 Å². The smallest absolute Gasteiger partial charge is 0.254 e. The molecule has 1 atom stereocenters. The van der Waals surface area contributed by atoms with E-state index in [0.717, 1.165) is 36.3 Å². The summed E-state index contributed by atoms with van der Waals surface area (Å²) in [6, 6.07) is 17.0. The molecule has 1 fully saturated rings. The third-order valence-corrected chi connectivity index (χ3v) is 7.48. The highest BCUT2D eigenvalue weighted by Crippen LogP contribution is 2.25. The quantitative estimate of drug-likeness (QED) is 0.406. The number of nitrogens with one attached hydrogen (secondary N) is 1. The lowest BCUT2D eigenvalue weighted by Gasteiger charge is -2.35. The van der Waals surface area contributed by atoms with Gasteiger partial charge in [-0.05, 0) is 61.2 Å². The first kappa shape index (κ1) is 25.4. The first-order chi connectivity index (χ1) is 16.9. The fraction of sp³-hybridized carbons (Fsp3) is 0.333. The number of aromatic nitrogens is 1. The highest BCUT2D eigenvalue weighted by atomic mass is 35.5. The van der Waals surface area contributed by atoms with Crippen molar-refractivity contribution in [3.05, 3.63) is 82.5 Å². The summed E-state index contributed by atoms with van der Waals surface area (Å²) in [5, 5.41) is 0.628. The van der Waals surface area contributed by atoms with E-state index in [1.165, 1.54) is 5.56 Å². The first-order valence-electron chi connectivity index (χ1n) is 12.0. The molecule has 184 valence electrons. The molecule has 35 heavy (non-hydrogen) atoms. The fourth-order valence-corrected chi connectivity index (χ4v) is 5.34. The second-order valence-electron chi connectivity index (χ2n) is 8.80. The number of halogens is 1. The molecular weight excluding hydrogens is 480 g/mol. The zero-order valence-corrected chi connectivity index (χ0v) is 21.7. The molecule has 1 amide bonds. The van der Waals surface area contributed by atoms with E-state index in [2.05, 4.69) is 33.7 Å². The summed E-state index contributed by atoms with van der Waals surface area (Å²) in [4.78, 5) is 22.1. The maximum Gasteiger partial charge on any atom is 0.254 e. The molecule has 1 aliphatic rings. The Bertz CT molecular complexity index is 1150. The maximum absolute atomic E-state index is 13.2. The van der Waals surface area contributed by atoms with Crippen LogP contribution >= 0.6 is 11.6 Å². The number of carbonyl (C=O) groups excluding carboxylic acids is 1. The summed E-state index contributed by atoms with van der Waals surface area (Å²) in [5.74, 6) is 0.693. The molecule has 6 nitrogen and oxygen atoms in total. The van der Waals surface area contributed by atoms with Gasteiger partial charge in [-0.1, -0.05) is 43.1 Å². The molecule has 2 heterocycles. The minimum atomic E-state index is -1.47. The largest absolute Gasteiger partial charge is 0.588 e. The van der Waals surface area contributed by atoms with Crippen molar-refractivity contribution in [1.29, 1.82) is 0 Å². The lowest BCUT2D eigenvalue weighted by molar-refractivity contribution is 0.0746. The normalized spacial score (nSPS) is 14.6. The van der Waals surface area contributed by atoms with Crippen LogP contribution in [0.25, 0.3) is 0 Å². The number of hydrogen-bond acceptors (Lipinski definition) is 5. The molecule has 1 aliphatic heterocycles. The van der Waals surface area contributed by atoms with Crippen LogP contribution in [-0.4, -0.2) is 46.5 Å². The monoisotopic (exact) mass is 510 g/mol. The van der Waals surface area contributed by atoms with Gasteiger partial charge < -0.3 is 14.4 Å². The summed E-state index contributed by atoms with van der Waals surface area (Å²) in [6.07, 6.45) is 5.17. The fourth-order valence-electron chi connectivity index (χ4n) is 4.09. The third-order valence-electron chi connectivity index (χ3n) is 6.10. The van der Waals surface area contributed by atoms with E-state index in [9.17, 15) is 9.35 Å². The van der Waals surface area contributed by atoms with Crippen LogP contribution in [0.5, 0.6) is 0 Å². The molecule has 0 aliphatic carbocycles. The average molecular weight is 511 g/mol. The Morgan fingerprint density at radius 3 is 2.54 bits per heavy atom. The minimum absolute atomic E-state index is 0.0632. The number of pyridine rings is 1. The second kappa shape index (κ2) is 11.8. The van der Waals surface area contributed by atoms with Crippen molar-refractivity contribution < 1.29 is 9.35 Å². The van der Waals surface area contributed by atoms with Gasteiger partial charge in [0.15, 0.2) is 4.90 Å². The molecule has 0 spiro atoms. The Morgan fingerprint density at radius 1 is 1.11 bits per heavy atom. The molecule has 1 saturated heterocycles. The van der Waals surface area contributed by atoms with Crippen molar-refractivity contribution >= 4 is 40.4 Å². The van der Waals surface area contributed by atoms with Gasteiger partial charge in [-0.25, -0.2) is 9.71 Å². The highest BCUT2D eigenvalue weighted by Gasteiger charge is 2.25. The van der Waals surface area contributed by atoms with Crippen LogP contribution in [0.3, 0.4) is 0 Å². The topological polar surface area (TPSA) is 71.5 Å². The standard InChI is InChI=1S/C27H31ClN4O2S/c1-3-4-6-21-9-11-23(12-10-21)30-35(34)24-8-5-7-22(18-24)27(33)32-15-13-31(14-16-32)26-25(28)17-20(2)19-29-26/h5,7-12,17-19,30H,3-4,6,13-16H2,1-2H3. The van der Waals surface area contributed by atoms with Crippen LogP contribution < -0.4 is 9.62 Å². The van der Waals surface area contributed by atoms with E-state index < -0.39 is 11.4 Å². The number of rotatable bonds is 8. The maximum atomic E-state index is 13.2. The molecular formula is C27H31ClN4O2S. The van der Waals surface area contributed by atoms with Gasteiger partial charge in [0.05, 0.1) is 10.7 Å². The van der Waals surface area contributed by atoms with Crippen LogP contribution in [0.4, 0.5) is 11.5 Å². The Balaban J connectivity index is 1.36. The van der Waals surface area contributed by atoms with Crippen LogP contribution in [-0.2, 0) is 17.8 Å². The molecule has 1 N–H and O–H groups in total. The van der Waals surface area contributed by atoms with Crippen molar-refractivity contribution in [2.24, 2.45) is 0 Å². The number of benzene rings is 2. The van der Waals surface area contributed by atoms with Gasteiger partial charge in [-0.3, -0.25) is 4.79 Å². The Hall–Kier alpha value is -2.74. The first-order valence-corrected chi connectivity index (χ1v) is 13.5. The minimum Gasteiger partial charge on any atom is -0.588 e. The van der Waals surface area contributed by atoms with Gasteiger partial charge >= 0.3 is 0 Å². The molecule has 1 aromatic heterocycles. The number of unbranched alkanes of at least 4 members (excludes halogenated alkanes) is 1. The van der Waals surface area contributed by atoms with Gasteiger partial charge in [0.25, 0.3) is 5.91 Å². The molecule has 8 heteroatoms. The SMILES string of the molecule is CCCCc1ccc(N[S+]([O-])c2cccc(C(=O)N3CCN(c4ncc(C)cc4Cl)CC3)c2)cc1. The molecule has 2 aromatic carbocycles. The third kappa shape index (κ3) is 6.48. The molecule has 0 radical (unpaired) electrons. The number of nitrogens with zero attached hydrogens (tertiary/aromatic N) is 3. The molecule has 4 rings (SSSR count). The number of hydrogen-bond donors (Lipinski definition) is 1. The predicted octanol–water partition coefficient (Wildman–Crippen LogP) is 5.48. The van der Waals surface area contributed by atoms with E-state index in [-0.39, 0.29) is 5.91 Å². The number of piperazine rings is 1. The summed E-state index contributed by atoms with van der Waals surface area (Å²) in [7, 11) is 0. The van der Waals surface area contributed by atoms with Gasteiger partial charge in [0.1, 0.15) is 17.2 Å². The number of carbonyl (C=O) groups is 1. The van der Waals surface area contributed by atoms with Gasteiger partial charge in [-0.2, -0.15) is 0 Å². The lowest BCUT2D eigenvalue weighted by atomic mass is 10.1.